The van der Waals surface area contributed by atoms with Crippen LogP contribution in [0.3, 0.4) is 0 Å². The molecule has 0 saturated heterocycles. The van der Waals surface area contributed by atoms with Crippen LogP contribution >= 0.6 is 11.8 Å². The van der Waals surface area contributed by atoms with Gasteiger partial charge in [-0.15, -0.1) is 0 Å². The van der Waals surface area contributed by atoms with E-state index in [1.165, 1.54) is 5.56 Å². The lowest BCUT2D eigenvalue weighted by Gasteiger charge is -1.99. The van der Waals surface area contributed by atoms with Gasteiger partial charge in [0, 0.05) is 5.75 Å². The quantitative estimate of drug-likeness (QED) is 0.751. The van der Waals surface area contributed by atoms with Crippen LogP contribution in [-0.4, -0.2) is 16.2 Å². The zero-order chi connectivity index (χ0) is 17.6. The van der Waals surface area contributed by atoms with Gasteiger partial charge in [-0.05, 0) is 35.1 Å². The van der Waals surface area contributed by atoms with Gasteiger partial charge in [0.2, 0.25) is 0 Å². The summed E-state index contributed by atoms with van der Waals surface area (Å²) in [7, 11) is 0. The number of aromatic amines is 2. The Morgan fingerprint density at radius 3 is 1.84 bits per heavy atom. The SMILES string of the molecule is CSCc1ccc(C=c2[nH]c(=O)c(=Cc3ccccc3)[nH]c2=O)cc1. The Morgan fingerprint density at radius 1 is 0.800 bits per heavy atom. The van der Waals surface area contributed by atoms with Gasteiger partial charge in [0.25, 0.3) is 11.1 Å². The van der Waals surface area contributed by atoms with Crippen molar-refractivity contribution in [3.63, 3.8) is 0 Å². The molecule has 2 aromatic carbocycles. The number of aromatic nitrogens is 2. The second kappa shape index (κ2) is 7.85. The number of rotatable bonds is 4. The zero-order valence-corrected chi connectivity index (χ0v) is 14.6. The maximum atomic E-state index is 12.3. The van der Waals surface area contributed by atoms with Crippen LogP contribution in [0.5, 0.6) is 0 Å². The van der Waals surface area contributed by atoms with Crippen LogP contribution in [0.2, 0.25) is 0 Å². The number of hydrogen-bond acceptors (Lipinski definition) is 3. The Labute approximate surface area is 149 Å². The van der Waals surface area contributed by atoms with Gasteiger partial charge in [0.05, 0.1) is 0 Å². The van der Waals surface area contributed by atoms with Gasteiger partial charge in [-0.25, -0.2) is 0 Å². The largest absolute Gasteiger partial charge is 0.316 e. The molecule has 1 aromatic heterocycles. The van der Waals surface area contributed by atoms with Crippen molar-refractivity contribution in [1.82, 2.24) is 9.97 Å². The molecule has 0 unspecified atom stereocenters. The maximum Gasteiger partial charge on any atom is 0.272 e. The Morgan fingerprint density at radius 2 is 1.32 bits per heavy atom. The first kappa shape index (κ1) is 17.0. The summed E-state index contributed by atoms with van der Waals surface area (Å²) in [6.45, 7) is 0. The van der Waals surface area contributed by atoms with Crippen molar-refractivity contribution in [3.05, 3.63) is 103 Å². The van der Waals surface area contributed by atoms with E-state index in [0.717, 1.165) is 16.9 Å². The van der Waals surface area contributed by atoms with Gasteiger partial charge in [0.15, 0.2) is 0 Å². The van der Waals surface area contributed by atoms with Crippen LogP contribution in [0.15, 0.2) is 64.2 Å². The molecule has 4 nitrogen and oxygen atoms in total. The van der Waals surface area contributed by atoms with Crippen molar-refractivity contribution in [3.8, 4) is 0 Å². The van der Waals surface area contributed by atoms with Crippen molar-refractivity contribution < 1.29 is 0 Å². The molecule has 0 aliphatic heterocycles. The molecule has 0 bridgehead atoms. The van der Waals surface area contributed by atoms with Crippen LogP contribution < -0.4 is 21.8 Å². The lowest BCUT2D eigenvalue weighted by atomic mass is 10.1. The van der Waals surface area contributed by atoms with Crippen molar-refractivity contribution in [2.75, 3.05) is 6.26 Å². The highest BCUT2D eigenvalue weighted by molar-refractivity contribution is 7.97. The number of benzene rings is 2. The molecule has 0 atom stereocenters. The molecular formula is C20H18N2O2S. The average molecular weight is 350 g/mol. The summed E-state index contributed by atoms with van der Waals surface area (Å²) in [6.07, 6.45) is 5.38. The van der Waals surface area contributed by atoms with Crippen molar-refractivity contribution in [1.29, 1.82) is 0 Å². The smallest absolute Gasteiger partial charge is 0.272 e. The minimum absolute atomic E-state index is 0.240. The molecule has 5 heteroatoms. The second-order valence-electron chi connectivity index (χ2n) is 5.61. The molecule has 0 aliphatic carbocycles. The Hall–Kier alpha value is -2.79. The molecule has 2 N–H and O–H groups in total. The van der Waals surface area contributed by atoms with Gasteiger partial charge in [-0.3, -0.25) is 9.59 Å². The summed E-state index contributed by atoms with van der Waals surface area (Å²) in [5.74, 6) is 0.946. The Balaban J connectivity index is 2.02. The molecule has 0 fully saturated rings. The molecule has 3 aromatic rings. The molecule has 126 valence electrons. The minimum atomic E-state index is -0.325. The molecule has 0 saturated carbocycles. The first-order valence-corrected chi connectivity index (χ1v) is 9.24. The first-order chi connectivity index (χ1) is 12.2. The van der Waals surface area contributed by atoms with E-state index in [9.17, 15) is 9.59 Å². The topological polar surface area (TPSA) is 65.7 Å². The standard InChI is InChI=1S/C20H18N2O2S/c1-25-13-16-9-7-15(8-10-16)12-18-20(24)21-17(19(23)22-18)11-14-5-3-2-4-6-14/h2-12H,13H2,1H3,(H,21,24)(H,22,23). The van der Waals surface area contributed by atoms with Gasteiger partial charge in [0.1, 0.15) is 10.7 Å². The van der Waals surface area contributed by atoms with E-state index in [0.29, 0.717) is 0 Å². The minimum Gasteiger partial charge on any atom is -0.316 e. The molecule has 25 heavy (non-hydrogen) atoms. The molecule has 0 spiro atoms. The third kappa shape index (κ3) is 4.39. The van der Waals surface area contributed by atoms with E-state index in [-0.39, 0.29) is 21.8 Å². The first-order valence-electron chi connectivity index (χ1n) is 7.85. The monoisotopic (exact) mass is 350 g/mol. The van der Waals surface area contributed by atoms with Crippen LogP contribution in [-0.2, 0) is 5.75 Å². The van der Waals surface area contributed by atoms with Gasteiger partial charge in [-0.2, -0.15) is 11.8 Å². The fourth-order valence-electron chi connectivity index (χ4n) is 2.46. The lowest BCUT2D eigenvalue weighted by molar-refractivity contribution is 1.00. The summed E-state index contributed by atoms with van der Waals surface area (Å²) in [5, 5.41) is 0.483. The van der Waals surface area contributed by atoms with E-state index in [1.807, 2.05) is 54.6 Å². The van der Waals surface area contributed by atoms with Gasteiger partial charge in [-0.1, -0.05) is 54.6 Å². The normalized spacial score (nSPS) is 12.5. The summed E-state index contributed by atoms with van der Waals surface area (Å²) >= 11 is 1.76. The second-order valence-corrected chi connectivity index (χ2v) is 6.48. The van der Waals surface area contributed by atoms with Crippen LogP contribution in [0.4, 0.5) is 0 Å². The Bertz CT molecular complexity index is 1080. The van der Waals surface area contributed by atoms with Crippen molar-refractivity contribution in [2.24, 2.45) is 0 Å². The molecular weight excluding hydrogens is 332 g/mol. The average Bonchev–Trinajstić information content (AvgIpc) is 2.62. The van der Waals surface area contributed by atoms with E-state index in [4.69, 9.17) is 0 Å². The molecule has 0 radical (unpaired) electrons. The molecule has 1 heterocycles. The van der Waals surface area contributed by atoms with Crippen LogP contribution in [0, 0.1) is 0 Å². The highest BCUT2D eigenvalue weighted by Gasteiger charge is 1.97. The maximum absolute atomic E-state index is 12.3. The number of thioether (sulfide) groups is 1. The van der Waals surface area contributed by atoms with Crippen molar-refractivity contribution in [2.45, 2.75) is 5.75 Å². The van der Waals surface area contributed by atoms with Gasteiger partial charge < -0.3 is 9.97 Å². The molecule has 3 rings (SSSR count). The number of nitrogens with one attached hydrogen (secondary N) is 2. The Kier molecular flexibility index (Phi) is 5.36. The van der Waals surface area contributed by atoms with Crippen molar-refractivity contribution >= 4 is 23.9 Å². The highest BCUT2D eigenvalue weighted by atomic mass is 32.2. The van der Waals surface area contributed by atoms with Gasteiger partial charge >= 0.3 is 0 Å². The number of hydrogen-bond donors (Lipinski definition) is 2. The summed E-state index contributed by atoms with van der Waals surface area (Å²) in [4.78, 5) is 29.8. The fraction of sp³-hybridized carbons (Fsp3) is 0.100. The summed E-state index contributed by atoms with van der Waals surface area (Å²) in [6, 6.07) is 17.3. The van der Waals surface area contributed by atoms with E-state index >= 15 is 0 Å². The third-order valence-corrected chi connectivity index (χ3v) is 4.32. The van der Waals surface area contributed by atoms with E-state index in [1.54, 1.807) is 23.9 Å². The summed E-state index contributed by atoms with van der Waals surface area (Å²) < 4.78 is 0. The van der Waals surface area contributed by atoms with Crippen LogP contribution in [0.1, 0.15) is 16.7 Å². The van der Waals surface area contributed by atoms with E-state index < -0.39 is 0 Å². The third-order valence-electron chi connectivity index (χ3n) is 3.70. The highest BCUT2D eigenvalue weighted by Crippen LogP contribution is 2.10. The molecule has 0 aliphatic rings. The van der Waals surface area contributed by atoms with E-state index in [2.05, 4.69) is 16.2 Å². The fourth-order valence-corrected chi connectivity index (χ4v) is 2.98. The zero-order valence-electron chi connectivity index (χ0n) is 13.8. The predicted molar refractivity (Wildman–Crippen MR) is 104 cm³/mol. The van der Waals surface area contributed by atoms with Crippen LogP contribution in [0.25, 0.3) is 12.2 Å². The lowest BCUT2D eigenvalue weighted by Crippen LogP contribution is -2.46. The summed E-state index contributed by atoms with van der Waals surface area (Å²) in [5.41, 5.74) is 2.29. The number of H-pyrrole nitrogens is 2. The predicted octanol–water partition coefficient (Wildman–Crippen LogP) is 1.58. The molecule has 0 amide bonds.